The number of hydrogen-bond acceptors (Lipinski definition) is 3. The Hall–Kier alpha value is -1.62. The van der Waals surface area contributed by atoms with Gasteiger partial charge < -0.3 is 9.67 Å². The molecule has 2 aromatic heterocycles. The first-order chi connectivity index (χ1) is 8.22. The zero-order valence-corrected chi connectivity index (χ0v) is 10.2. The van der Waals surface area contributed by atoms with Gasteiger partial charge in [-0.05, 0) is 19.4 Å². The van der Waals surface area contributed by atoms with Crippen LogP contribution < -0.4 is 0 Å². The molecule has 0 saturated heterocycles. The van der Waals surface area contributed by atoms with Gasteiger partial charge in [0.15, 0.2) is 0 Å². The lowest BCUT2D eigenvalue weighted by Gasteiger charge is -2.12. The van der Waals surface area contributed by atoms with E-state index in [9.17, 15) is 5.11 Å². The molecule has 0 saturated carbocycles. The van der Waals surface area contributed by atoms with Crippen LogP contribution in [-0.4, -0.2) is 24.4 Å². The van der Waals surface area contributed by atoms with Gasteiger partial charge in [-0.25, -0.2) is 4.98 Å². The van der Waals surface area contributed by atoms with Crippen molar-refractivity contribution in [3.63, 3.8) is 0 Å². The maximum atomic E-state index is 10.1. The molecule has 2 aromatic rings. The van der Waals surface area contributed by atoms with Crippen LogP contribution in [0.4, 0.5) is 0 Å². The van der Waals surface area contributed by atoms with E-state index in [1.165, 1.54) is 0 Å². The number of hydrogen-bond donors (Lipinski definition) is 1. The smallest absolute Gasteiger partial charge is 0.108 e. The van der Waals surface area contributed by atoms with Crippen molar-refractivity contribution in [2.24, 2.45) is 7.05 Å². The largest absolute Gasteiger partial charge is 0.387 e. The molecule has 0 amide bonds. The highest BCUT2D eigenvalue weighted by Crippen LogP contribution is 2.18. The summed E-state index contributed by atoms with van der Waals surface area (Å²) in [5, 5.41) is 14.3. The predicted molar refractivity (Wildman–Crippen MR) is 64.4 cm³/mol. The van der Waals surface area contributed by atoms with Crippen molar-refractivity contribution in [3.05, 3.63) is 36.2 Å². The fourth-order valence-electron chi connectivity index (χ4n) is 1.94. The number of aliphatic hydroxyl groups is 1. The summed E-state index contributed by atoms with van der Waals surface area (Å²) in [6.45, 7) is 2.80. The number of rotatable bonds is 5. The summed E-state index contributed by atoms with van der Waals surface area (Å²) in [5.41, 5.74) is 0.877. The number of aromatic nitrogens is 4. The molecule has 0 spiro atoms. The topological polar surface area (TPSA) is 55.9 Å². The SMILES string of the molecule is CCn1nccc1C(O)CCc1nccn1C. The minimum absolute atomic E-state index is 0.478. The van der Waals surface area contributed by atoms with Crippen LogP contribution in [0.25, 0.3) is 0 Å². The van der Waals surface area contributed by atoms with E-state index in [1.807, 2.05) is 35.5 Å². The Morgan fingerprint density at radius 1 is 1.41 bits per heavy atom. The molecule has 0 bridgehead atoms. The summed E-state index contributed by atoms with van der Waals surface area (Å²) in [5.74, 6) is 0.992. The standard InChI is InChI=1S/C12H18N4O/c1-3-16-10(6-7-14-16)11(17)4-5-12-13-8-9-15(12)2/h6-9,11,17H,3-5H2,1-2H3. The second kappa shape index (κ2) is 5.14. The lowest BCUT2D eigenvalue weighted by molar-refractivity contribution is 0.156. The van der Waals surface area contributed by atoms with Crippen LogP contribution in [0, 0.1) is 0 Å². The van der Waals surface area contributed by atoms with Gasteiger partial charge in [0.1, 0.15) is 5.82 Å². The van der Waals surface area contributed by atoms with Gasteiger partial charge in [-0.2, -0.15) is 5.10 Å². The molecule has 17 heavy (non-hydrogen) atoms. The van der Waals surface area contributed by atoms with Crippen molar-refractivity contribution in [2.45, 2.75) is 32.4 Å². The quantitative estimate of drug-likeness (QED) is 0.848. The Kier molecular flexibility index (Phi) is 3.58. The average Bonchev–Trinajstić information content (AvgIpc) is 2.94. The summed E-state index contributed by atoms with van der Waals surface area (Å²) >= 11 is 0. The summed E-state index contributed by atoms with van der Waals surface area (Å²) in [6, 6.07) is 1.87. The third kappa shape index (κ3) is 2.55. The molecule has 0 radical (unpaired) electrons. The molecule has 0 aliphatic carbocycles. The van der Waals surface area contributed by atoms with Crippen LogP contribution in [0.5, 0.6) is 0 Å². The summed E-state index contributed by atoms with van der Waals surface area (Å²) < 4.78 is 3.80. The van der Waals surface area contributed by atoms with Crippen LogP contribution in [-0.2, 0) is 20.0 Å². The highest BCUT2D eigenvalue weighted by Gasteiger charge is 2.13. The van der Waals surface area contributed by atoms with E-state index in [4.69, 9.17) is 0 Å². The van der Waals surface area contributed by atoms with Crippen molar-refractivity contribution in [3.8, 4) is 0 Å². The fraction of sp³-hybridized carbons (Fsp3) is 0.500. The first-order valence-corrected chi connectivity index (χ1v) is 5.88. The molecule has 1 N–H and O–H groups in total. The Balaban J connectivity index is 1.98. The van der Waals surface area contributed by atoms with Crippen molar-refractivity contribution in [1.29, 1.82) is 0 Å². The van der Waals surface area contributed by atoms with Gasteiger partial charge in [0, 0.05) is 38.6 Å². The normalized spacial score (nSPS) is 12.9. The van der Waals surface area contributed by atoms with Crippen LogP contribution in [0.1, 0.15) is 31.0 Å². The monoisotopic (exact) mass is 234 g/mol. The molecule has 0 aliphatic rings. The molecule has 0 fully saturated rings. The molecule has 5 nitrogen and oxygen atoms in total. The van der Waals surface area contributed by atoms with E-state index < -0.39 is 6.10 Å². The molecule has 5 heteroatoms. The highest BCUT2D eigenvalue weighted by atomic mass is 16.3. The third-order valence-corrected chi connectivity index (χ3v) is 2.95. The first-order valence-electron chi connectivity index (χ1n) is 5.88. The maximum absolute atomic E-state index is 10.1. The van der Waals surface area contributed by atoms with Crippen LogP contribution in [0.15, 0.2) is 24.7 Å². The maximum Gasteiger partial charge on any atom is 0.108 e. The zero-order valence-electron chi connectivity index (χ0n) is 10.2. The van der Waals surface area contributed by atoms with E-state index in [-0.39, 0.29) is 0 Å². The Morgan fingerprint density at radius 2 is 2.24 bits per heavy atom. The summed E-state index contributed by atoms with van der Waals surface area (Å²) in [6.07, 6.45) is 6.36. The van der Waals surface area contributed by atoms with Crippen molar-refractivity contribution in [1.82, 2.24) is 19.3 Å². The first kappa shape index (κ1) is 11.9. The molecule has 92 valence electrons. The molecule has 1 atom stereocenters. The highest BCUT2D eigenvalue weighted by molar-refractivity contribution is 5.05. The fourth-order valence-corrected chi connectivity index (χ4v) is 1.94. The van der Waals surface area contributed by atoms with Gasteiger partial charge in [0.25, 0.3) is 0 Å². The Morgan fingerprint density at radius 3 is 2.88 bits per heavy atom. The molecule has 2 rings (SSSR count). The van der Waals surface area contributed by atoms with Gasteiger partial charge in [-0.15, -0.1) is 0 Å². The predicted octanol–water partition coefficient (Wildman–Crippen LogP) is 1.30. The van der Waals surface area contributed by atoms with Crippen LogP contribution in [0.3, 0.4) is 0 Å². The van der Waals surface area contributed by atoms with Gasteiger partial charge >= 0.3 is 0 Å². The number of nitrogens with zero attached hydrogens (tertiary/aromatic N) is 4. The lowest BCUT2D eigenvalue weighted by atomic mass is 10.1. The van der Waals surface area contributed by atoms with Gasteiger partial charge in [0.2, 0.25) is 0 Å². The minimum atomic E-state index is -0.478. The average molecular weight is 234 g/mol. The van der Waals surface area contributed by atoms with Crippen molar-refractivity contribution >= 4 is 0 Å². The van der Waals surface area contributed by atoms with Crippen molar-refractivity contribution in [2.75, 3.05) is 0 Å². The summed E-state index contributed by atoms with van der Waals surface area (Å²) in [7, 11) is 1.96. The molecular weight excluding hydrogens is 216 g/mol. The second-order valence-corrected chi connectivity index (χ2v) is 4.08. The van der Waals surface area contributed by atoms with E-state index in [2.05, 4.69) is 10.1 Å². The minimum Gasteiger partial charge on any atom is -0.387 e. The Bertz CT molecular complexity index is 474. The second-order valence-electron chi connectivity index (χ2n) is 4.08. The molecule has 1 unspecified atom stereocenters. The molecule has 0 aliphatic heterocycles. The van der Waals surface area contributed by atoms with Crippen LogP contribution in [0.2, 0.25) is 0 Å². The van der Waals surface area contributed by atoms with E-state index in [0.717, 1.165) is 24.5 Å². The molecule has 0 aromatic carbocycles. The lowest BCUT2D eigenvalue weighted by Crippen LogP contribution is -2.09. The Labute approximate surface area is 101 Å². The van der Waals surface area contributed by atoms with E-state index >= 15 is 0 Å². The third-order valence-electron chi connectivity index (χ3n) is 2.95. The van der Waals surface area contributed by atoms with Gasteiger partial charge in [-0.3, -0.25) is 4.68 Å². The van der Waals surface area contributed by atoms with E-state index in [1.54, 1.807) is 12.4 Å². The van der Waals surface area contributed by atoms with E-state index in [0.29, 0.717) is 6.42 Å². The summed E-state index contributed by atoms with van der Waals surface area (Å²) in [4.78, 5) is 4.24. The van der Waals surface area contributed by atoms with Crippen LogP contribution >= 0.6 is 0 Å². The van der Waals surface area contributed by atoms with Gasteiger partial charge in [-0.1, -0.05) is 0 Å². The number of aryl methyl sites for hydroxylation is 3. The molecule has 2 heterocycles. The number of imidazole rings is 1. The van der Waals surface area contributed by atoms with Crippen molar-refractivity contribution < 1.29 is 5.11 Å². The molecular formula is C12H18N4O. The number of aliphatic hydroxyl groups excluding tert-OH is 1. The zero-order chi connectivity index (χ0) is 12.3. The van der Waals surface area contributed by atoms with Gasteiger partial charge in [0.05, 0.1) is 11.8 Å².